The van der Waals surface area contributed by atoms with Gasteiger partial charge in [-0.15, -0.1) is 0 Å². The van der Waals surface area contributed by atoms with E-state index in [2.05, 4.69) is 5.10 Å². The highest BCUT2D eigenvalue weighted by molar-refractivity contribution is 7.93. The first-order valence-electron chi connectivity index (χ1n) is 9.09. The second kappa shape index (κ2) is 7.02. The fourth-order valence-electron chi connectivity index (χ4n) is 3.91. The smallest absolute Gasteiger partial charge is 0.266 e. The average molecular weight is 380 g/mol. The van der Waals surface area contributed by atoms with Crippen molar-refractivity contribution in [2.45, 2.75) is 70.4 Å². The Labute approximate surface area is 154 Å². The van der Waals surface area contributed by atoms with Crippen LogP contribution in [0, 0.1) is 19.7 Å². The molecule has 0 unspecified atom stereocenters. The summed E-state index contributed by atoms with van der Waals surface area (Å²) in [5.41, 5.74) is 1.17. The molecule has 2 aromatic rings. The molecule has 1 aromatic heterocycles. The van der Waals surface area contributed by atoms with Crippen LogP contribution in [-0.4, -0.2) is 24.2 Å². The molecular formula is C19H26FN3O2S. The van der Waals surface area contributed by atoms with Crippen molar-refractivity contribution in [3.8, 4) is 0 Å². The van der Waals surface area contributed by atoms with Crippen LogP contribution in [0.4, 0.5) is 10.1 Å². The largest absolute Gasteiger partial charge is 0.268 e. The van der Waals surface area contributed by atoms with Gasteiger partial charge in [0.25, 0.3) is 10.0 Å². The molecule has 3 rings (SSSR count). The van der Waals surface area contributed by atoms with E-state index in [1.165, 1.54) is 10.4 Å². The summed E-state index contributed by atoms with van der Waals surface area (Å²) in [6.07, 6.45) is 3.39. The summed E-state index contributed by atoms with van der Waals surface area (Å²) in [7, 11) is -3.92. The monoisotopic (exact) mass is 379 g/mol. The minimum Gasteiger partial charge on any atom is -0.266 e. The molecule has 26 heavy (non-hydrogen) atoms. The van der Waals surface area contributed by atoms with Crippen LogP contribution in [-0.2, 0) is 10.0 Å². The summed E-state index contributed by atoms with van der Waals surface area (Å²) in [6.45, 7) is 7.39. The van der Waals surface area contributed by atoms with Crippen molar-refractivity contribution >= 4 is 15.7 Å². The van der Waals surface area contributed by atoms with Crippen LogP contribution in [0.2, 0.25) is 0 Å². The average Bonchev–Trinajstić information content (AvgIpc) is 3.17. The summed E-state index contributed by atoms with van der Waals surface area (Å²) >= 11 is 0. The van der Waals surface area contributed by atoms with Gasteiger partial charge in [0.2, 0.25) is 0 Å². The predicted molar refractivity (Wildman–Crippen MR) is 100 cm³/mol. The molecule has 1 aliphatic rings. The maximum Gasteiger partial charge on any atom is 0.268 e. The first-order chi connectivity index (χ1) is 12.2. The molecule has 0 amide bonds. The minimum atomic E-state index is -3.92. The molecule has 0 atom stereocenters. The number of aryl methyl sites for hydroxylation is 1. The van der Waals surface area contributed by atoms with Crippen LogP contribution >= 0.6 is 0 Å². The third-order valence-corrected chi connectivity index (χ3v) is 7.13. The number of para-hydroxylation sites is 1. The van der Waals surface area contributed by atoms with E-state index >= 15 is 0 Å². The number of nitrogens with zero attached hydrogens (tertiary/aromatic N) is 3. The molecule has 142 valence electrons. The van der Waals surface area contributed by atoms with Crippen LogP contribution in [0.1, 0.15) is 57.0 Å². The maximum atomic E-state index is 14.5. The highest BCUT2D eigenvalue weighted by Crippen LogP contribution is 2.36. The normalized spacial score (nSPS) is 15.8. The van der Waals surface area contributed by atoms with Gasteiger partial charge >= 0.3 is 0 Å². The Hall–Kier alpha value is -1.89. The van der Waals surface area contributed by atoms with Gasteiger partial charge in [0.05, 0.1) is 17.1 Å². The Morgan fingerprint density at radius 3 is 2.35 bits per heavy atom. The van der Waals surface area contributed by atoms with Crippen LogP contribution in [0.5, 0.6) is 0 Å². The Balaban J connectivity index is 2.19. The van der Waals surface area contributed by atoms with Gasteiger partial charge in [-0.2, -0.15) is 5.10 Å². The summed E-state index contributed by atoms with van der Waals surface area (Å²) in [6, 6.07) is 5.93. The van der Waals surface area contributed by atoms with Crippen molar-refractivity contribution < 1.29 is 12.8 Å². The molecule has 0 bridgehead atoms. The van der Waals surface area contributed by atoms with Crippen molar-refractivity contribution in [2.24, 2.45) is 0 Å². The van der Waals surface area contributed by atoms with Crippen molar-refractivity contribution in [1.82, 2.24) is 9.78 Å². The first kappa shape index (κ1) is 18.9. The molecule has 0 spiro atoms. The van der Waals surface area contributed by atoms with Crippen molar-refractivity contribution in [3.63, 3.8) is 0 Å². The fourth-order valence-corrected chi connectivity index (χ4v) is 6.00. The van der Waals surface area contributed by atoms with Crippen LogP contribution in [0.3, 0.4) is 0 Å². The molecule has 1 saturated carbocycles. The number of aromatic nitrogens is 2. The Bertz CT molecular complexity index is 900. The molecule has 1 aromatic carbocycles. The topological polar surface area (TPSA) is 55.2 Å². The highest BCUT2D eigenvalue weighted by Gasteiger charge is 2.38. The fraction of sp³-hybridized carbons (Fsp3) is 0.526. The SMILES string of the molecule is Cc1nn(C(C)C)c(C)c1S(=O)(=O)N(c1ccccc1F)C1CCCC1. The summed E-state index contributed by atoms with van der Waals surface area (Å²) in [4.78, 5) is 0.196. The van der Waals surface area contributed by atoms with E-state index in [9.17, 15) is 12.8 Å². The highest BCUT2D eigenvalue weighted by atomic mass is 32.2. The Morgan fingerprint density at radius 2 is 1.81 bits per heavy atom. The molecule has 1 fully saturated rings. The Morgan fingerprint density at radius 1 is 1.19 bits per heavy atom. The van der Waals surface area contributed by atoms with E-state index in [4.69, 9.17) is 0 Å². The van der Waals surface area contributed by atoms with Gasteiger partial charge in [0.15, 0.2) is 0 Å². The molecular weight excluding hydrogens is 353 g/mol. The van der Waals surface area contributed by atoms with Gasteiger partial charge in [-0.1, -0.05) is 25.0 Å². The third kappa shape index (κ3) is 3.13. The lowest BCUT2D eigenvalue weighted by Gasteiger charge is -2.30. The summed E-state index contributed by atoms with van der Waals surface area (Å²) in [5.74, 6) is -0.519. The molecule has 1 heterocycles. The van der Waals surface area contributed by atoms with E-state index in [-0.39, 0.29) is 22.7 Å². The number of halogens is 1. The minimum absolute atomic E-state index is 0.0473. The van der Waals surface area contributed by atoms with E-state index in [0.717, 1.165) is 25.7 Å². The second-order valence-corrected chi connectivity index (χ2v) is 8.98. The number of benzene rings is 1. The van der Waals surface area contributed by atoms with Crippen LogP contribution in [0.25, 0.3) is 0 Å². The van der Waals surface area contributed by atoms with E-state index in [1.807, 2.05) is 13.8 Å². The zero-order valence-electron chi connectivity index (χ0n) is 15.7. The molecule has 0 saturated heterocycles. The molecule has 5 nitrogen and oxygen atoms in total. The maximum absolute atomic E-state index is 14.5. The predicted octanol–water partition coefficient (Wildman–Crippen LogP) is 4.36. The number of hydrogen-bond acceptors (Lipinski definition) is 3. The number of anilines is 1. The summed E-state index contributed by atoms with van der Waals surface area (Å²) < 4.78 is 44.9. The molecule has 7 heteroatoms. The van der Waals surface area contributed by atoms with Crippen molar-refractivity contribution in [1.29, 1.82) is 0 Å². The number of hydrogen-bond donors (Lipinski definition) is 0. The quantitative estimate of drug-likeness (QED) is 0.776. The molecule has 1 aliphatic carbocycles. The van der Waals surface area contributed by atoms with Gasteiger partial charge in [0.1, 0.15) is 10.7 Å². The molecule has 0 radical (unpaired) electrons. The molecule has 0 aliphatic heterocycles. The van der Waals surface area contributed by atoms with Crippen LogP contribution in [0.15, 0.2) is 29.2 Å². The van der Waals surface area contributed by atoms with Gasteiger partial charge in [-0.05, 0) is 52.7 Å². The van der Waals surface area contributed by atoms with E-state index in [0.29, 0.717) is 11.4 Å². The van der Waals surface area contributed by atoms with Crippen molar-refractivity contribution in [3.05, 3.63) is 41.5 Å². The Kier molecular flexibility index (Phi) is 5.10. The van der Waals surface area contributed by atoms with E-state index in [1.54, 1.807) is 36.7 Å². The van der Waals surface area contributed by atoms with Gasteiger partial charge < -0.3 is 0 Å². The van der Waals surface area contributed by atoms with Crippen LogP contribution < -0.4 is 4.31 Å². The van der Waals surface area contributed by atoms with E-state index < -0.39 is 15.8 Å². The van der Waals surface area contributed by atoms with Gasteiger partial charge in [0, 0.05) is 12.1 Å². The van der Waals surface area contributed by atoms with Gasteiger partial charge in [-0.3, -0.25) is 8.99 Å². The standard InChI is InChI=1S/C19H26FN3O2S/c1-13(2)22-15(4)19(14(3)21-22)26(24,25)23(16-9-5-6-10-16)18-12-8-7-11-17(18)20/h7-8,11-13,16H,5-6,9-10H2,1-4H3. The molecule has 0 N–H and O–H groups in total. The lowest BCUT2D eigenvalue weighted by Crippen LogP contribution is -2.40. The lowest BCUT2D eigenvalue weighted by atomic mass is 10.2. The number of rotatable bonds is 5. The summed E-state index contributed by atoms with van der Waals surface area (Å²) in [5, 5.41) is 4.42. The zero-order chi connectivity index (χ0) is 19.1. The third-order valence-electron chi connectivity index (χ3n) is 5.01. The van der Waals surface area contributed by atoms with Gasteiger partial charge in [-0.25, -0.2) is 12.8 Å². The zero-order valence-corrected chi connectivity index (χ0v) is 16.6. The van der Waals surface area contributed by atoms with Crippen molar-refractivity contribution in [2.75, 3.05) is 4.31 Å². The second-order valence-electron chi connectivity index (χ2n) is 7.23. The number of sulfonamides is 1. The first-order valence-corrected chi connectivity index (χ1v) is 10.5. The lowest BCUT2D eigenvalue weighted by molar-refractivity contribution is 0.514.